The molecule has 0 aliphatic rings. The molecule has 0 aromatic heterocycles. The van der Waals surface area contributed by atoms with E-state index < -0.39 is 18.0 Å². The van der Waals surface area contributed by atoms with Gasteiger partial charge in [0.05, 0.1) is 0 Å². The third-order valence-electron chi connectivity index (χ3n) is 3.61. The highest BCUT2D eigenvalue weighted by Crippen LogP contribution is 2.07. The Balaban J connectivity index is 2.51. The van der Waals surface area contributed by atoms with E-state index in [-0.39, 0.29) is 6.42 Å². The molecule has 0 radical (unpaired) electrons. The Labute approximate surface area is 125 Å². The Morgan fingerprint density at radius 2 is 1.76 bits per heavy atom. The minimum atomic E-state index is -1.04. The average molecular weight is 292 g/mol. The molecule has 0 saturated heterocycles. The van der Waals surface area contributed by atoms with Crippen LogP contribution in [0.3, 0.4) is 0 Å². The fraction of sp³-hybridized carbons (Fsp3) is 0.500. The van der Waals surface area contributed by atoms with Crippen LogP contribution in [0.2, 0.25) is 0 Å². The molecular weight excluding hydrogens is 268 g/mol. The van der Waals surface area contributed by atoms with Gasteiger partial charge in [-0.05, 0) is 17.4 Å². The largest absolute Gasteiger partial charge is 0.480 e. The van der Waals surface area contributed by atoms with E-state index in [0.717, 1.165) is 5.56 Å². The number of carbonyl (C=O) groups is 2. The lowest BCUT2D eigenvalue weighted by Crippen LogP contribution is -2.48. The van der Waals surface area contributed by atoms with Crippen molar-refractivity contribution >= 4 is 12.0 Å². The number of benzene rings is 1. The molecule has 0 bridgehead atoms. The summed E-state index contributed by atoms with van der Waals surface area (Å²) < 4.78 is 0. The third-order valence-corrected chi connectivity index (χ3v) is 3.61. The van der Waals surface area contributed by atoms with Gasteiger partial charge in [-0.2, -0.15) is 0 Å². The van der Waals surface area contributed by atoms with Crippen LogP contribution in [-0.4, -0.2) is 29.7 Å². The van der Waals surface area contributed by atoms with Crippen molar-refractivity contribution in [3.05, 3.63) is 35.9 Å². The summed E-state index contributed by atoms with van der Waals surface area (Å²) in [5, 5.41) is 14.4. The third kappa shape index (κ3) is 6.29. The standard InChI is InChI=1S/C16H24N2O3/c1-11(2)12(3)10-17-16(21)18-14(15(19)20)9-13-7-5-4-6-8-13/h4-8,11-12,14H,9-10H2,1-3H3,(H,19,20)(H2,17,18,21)/t12?,14-/m1/s1. The van der Waals surface area contributed by atoms with Crippen LogP contribution in [0.1, 0.15) is 26.3 Å². The molecule has 21 heavy (non-hydrogen) atoms. The molecule has 0 fully saturated rings. The number of nitrogens with one attached hydrogen (secondary N) is 2. The van der Waals surface area contributed by atoms with Crippen LogP contribution >= 0.6 is 0 Å². The van der Waals surface area contributed by atoms with Gasteiger partial charge in [-0.3, -0.25) is 0 Å². The zero-order chi connectivity index (χ0) is 15.8. The molecule has 0 aliphatic carbocycles. The Morgan fingerprint density at radius 3 is 2.29 bits per heavy atom. The number of carboxylic acids is 1. The molecule has 0 saturated carbocycles. The lowest BCUT2D eigenvalue weighted by molar-refractivity contribution is -0.139. The summed E-state index contributed by atoms with van der Waals surface area (Å²) in [6, 6.07) is 7.88. The van der Waals surface area contributed by atoms with Crippen LogP contribution in [0.25, 0.3) is 0 Å². The van der Waals surface area contributed by atoms with E-state index in [2.05, 4.69) is 24.5 Å². The molecule has 5 nitrogen and oxygen atoms in total. The van der Waals surface area contributed by atoms with E-state index in [1.54, 1.807) is 0 Å². The number of hydrogen-bond acceptors (Lipinski definition) is 2. The number of aliphatic carboxylic acids is 1. The molecule has 5 heteroatoms. The van der Waals surface area contributed by atoms with Crippen LogP contribution in [-0.2, 0) is 11.2 Å². The fourth-order valence-electron chi connectivity index (χ4n) is 1.75. The molecular formula is C16H24N2O3. The molecule has 3 N–H and O–H groups in total. The minimum Gasteiger partial charge on any atom is -0.480 e. The summed E-state index contributed by atoms with van der Waals surface area (Å²) in [6.45, 7) is 6.74. The Morgan fingerprint density at radius 1 is 1.14 bits per heavy atom. The molecule has 2 amide bonds. The SMILES string of the molecule is CC(C)C(C)CNC(=O)N[C@H](Cc1ccccc1)C(=O)O. The van der Waals surface area contributed by atoms with Crippen molar-refractivity contribution in [2.24, 2.45) is 11.8 Å². The summed E-state index contributed by atoms with van der Waals surface area (Å²) in [5.74, 6) is -0.232. The highest BCUT2D eigenvalue weighted by Gasteiger charge is 2.20. The second kappa shape index (κ2) is 8.29. The van der Waals surface area contributed by atoms with Crippen LogP contribution in [0.5, 0.6) is 0 Å². The molecule has 0 spiro atoms. The zero-order valence-corrected chi connectivity index (χ0v) is 12.8. The average Bonchev–Trinajstić information content (AvgIpc) is 2.44. The van der Waals surface area contributed by atoms with Gasteiger partial charge in [0.15, 0.2) is 0 Å². The summed E-state index contributed by atoms with van der Waals surface area (Å²) in [6.07, 6.45) is 0.267. The molecule has 2 atom stereocenters. The predicted molar refractivity (Wildman–Crippen MR) is 82.1 cm³/mol. The first-order valence-electron chi connectivity index (χ1n) is 7.21. The fourth-order valence-corrected chi connectivity index (χ4v) is 1.75. The number of carboxylic acid groups (broad SMARTS) is 1. The summed E-state index contributed by atoms with van der Waals surface area (Å²) in [7, 11) is 0. The predicted octanol–water partition coefficient (Wildman–Crippen LogP) is 2.27. The Kier molecular flexibility index (Phi) is 6.72. The van der Waals surface area contributed by atoms with Crippen LogP contribution in [0.4, 0.5) is 4.79 Å². The maximum atomic E-state index is 11.8. The monoisotopic (exact) mass is 292 g/mol. The van der Waals surface area contributed by atoms with E-state index >= 15 is 0 Å². The summed E-state index contributed by atoms with van der Waals surface area (Å²) >= 11 is 0. The van der Waals surface area contributed by atoms with Crippen LogP contribution in [0.15, 0.2) is 30.3 Å². The first kappa shape index (κ1) is 17.0. The van der Waals surface area contributed by atoms with E-state index in [9.17, 15) is 14.7 Å². The van der Waals surface area contributed by atoms with Crippen LogP contribution in [0, 0.1) is 11.8 Å². The number of amides is 2. The highest BCUT2D eigenvalue weighted by atomic mass is 16.4. The van der Waals surface area contributed by atoms with Crippen molar-refractivity contribution < 1.29 is 14.7 Å². The molecule has 116 valence electrons. The lowest BCUT2D eigenvalue weighted by atomic mass is 9.98. The van der Waals surface area contributed by atoms with E-state index in [1.807, 2.05) is 37.3 Å². The van der Waals surface area contributed by atoms with Crippen LogP contribution < -0.4 is 10.6 Å². The number of urea groups is 1. The van der Waals surface area contributed by atoms with Gasteiger partial charge >= 0.3 is 12.0 Å². The van der Waals surface area contributed by atoms with Gasteiger partial charge in [0.1, 0.15) is 6.04 Å². The smallest absolute Gasteiger partial charge is 0.326 e. The first-order chi connectivity index (χ1) is 9.90. The van der Waals surface area contributed by atoms with Gasteiger partial charge < -0.3 is 15.7 Å². The summed E-state index contributed by atoms with van der Waals surface area (Å²) in [5.41, 5.74) is 0.876. The molecule has 0 heterocycles. The topological polar surface area (TPSA) is 78.4 Å². The van der Waals surface area contributed by atoms with Gasteiger partial charge in [0.2, 0.25) is 0 Å². The van der Waals surface area contributed by atoms with Crippen molar-refractivity contribution in [1.82, 2.24) is 10.6 Å². The Bertz CT molecular complexity index is 460. The van der Waals surface area contributed by atoms with Crippen molar-refractivity contribution in [2.75, 3.05) is 6.54 Å². The van der Waals surface area contributed by atoms with Crippen molar-refractivity contribution in [2.45, 2.75) is 33.2 Å². The second-order valence-electron chi connectivity index (χ2n) is 5.66. The number of rotatable bonds is 7. The lowest BCUT2D eigenvalue weighted by Gasteiger charge is -2.19. The van der Waals surface area contributed by atoms with Gasteiger partial charge in [-0.25, -0.2) is 9.59 Å². The van der Waals surface area contributed by atoms with E-state index in [0.29, 0.717) is 18.4 Å². The van der Waals surface area contributed by atoms with E-state index in [1.165, 1.54) is 0 Å². The number of hydrogen-bond donors (Lipinski definition) is 3. The Hall–Kier alpha value is -2.04. The van der Waals surface area contributed by atoms with Crippen molar-refractivity contribution in [3.8, 4) is 0 Å². The van der Waals surface area contributed by atoms with Gasteiger partial charge in [0.25, 0.3) is 0 Å². The highest BCUT2D eigenvalue weighted by molar-refractivity contribution is 5.82. The second-order valence-corrected chi connectivity index (χ2v) is 5.66. The molecule has 1 aromatic carbocycles. The molecule has 1 unspecified atom stereocenters. The van der Waals surface area contributed by atoms with Gasteiger partial charge in [-0.15, -0.1) is 0 Å². The normalized spacial score (nSPS) is 13.5. The molecule has 0 aliphatic heterocycles. The maximum absolute atomic E-state index is 11.8. The molecule has 1 rings (SSSR count). The van der Waals surface area contributed by atoms with Gasteiger partial charge in [0, 0.05) is 13.0 Å². The summed E-state index contributed by atoms with van der Waals surface area (Å²) in [4.78, 5) is 23.0. The van der Waals surface area contributed by atoms with Gasteiger partial charge in [-0.1, -0.05) is 51.1 Å². The zero-order valence-electron chi connectivity index (χ0n) is 12.8. The maximum Gasteiger partial charge on any atom is 0.326 e. The van der Waals surface area contributed by atoms with Crippen molar-refractivity contribution in [1.29, 1.82) is 0 Å². The minimum absolute atomic E-state index is 0.267. The first-order valence-corrected chi connectivity index (χ1v) is 7.21. The quantitative estimate of drug-likeness (QED) is 0.721. The van der Waals surface area contributed by atoms with E-state index in [4.69, 9.17) is 0 Å². The molecule has 1 aromatic rings. The van der Waals surface area contributed by atoms with Crippen molar-refractivity contribution in [3.63, 3.8) is 0 Å². The number of carbonyl (C=O) groups excluding carboxylic acids is 1.